The van der Waals surface area contributed by atoms with Gasteiger partial charge in [0.25, 0.3) is 11.8 Å². The fourth-order valence-corrected chi connectivity index (χ4v) is 4.97. The van der Waals surface area contributed by atoms with Crippen LogP contribution in [0.25, 0.3) is 22.5 Å². The van der Waals surface area contributed by atoms with Crippen LogP contribution in [0.1, 0.15) is 21.5 Å². The standard InChI is InChI=1S/C21H14N4O3.C10H12NO2P/c26-18-10-9-16(15-2-1-11-22-12-15)23-19(18)14-6-3-13(4-7-14)5-8-17-20(27)25-21(28)24-17;1-11-5-6-3-4-7(13-2)9(14)8(6)10(11)12/h1-4,6-7,9-12,17,26H,(H2,24,25,27,28);3-4H,5,14H2,1-2H3. The van der Waals surface area contributed by atoms with Crippen molar-refractivity contribution in [1.82, 2.24) is 25.5 Å². The van der Waals surface area contributed by atoms with E-state index in [1.54, 1.807) is 67.8 Å². The molecule has 0 spiro atoms. The number of fused-ring (bicyclic) bond motifs is 1. The molecule has 0 radical (unpaired) electrons. The summed E-state index contributed by atoms with van der Waals surface area (Å²) in [5.41, 5.74) is 5.24. The largest absolute Gasteiger partial charge is 0.506 e. The van der Waals surface area contributed by atoms with Crippen LogP contribution in [0.4, 0.5) is 4.79 Å². The van der Waals surface area contributed by atoms with Gasteiger partial charge in [0.1, 0.15) is 17.2 Å². The third kappa shape index (κ3) is 5.92. The van der Waals surface area contributed by atoms with Crippen molar-refractivity contribution in [3.63, 3.8) is 0 Å². The van der Waals surface area contributed by atoms with Gasteiger partial charge in [0.05, 0.1) is 18.4 Å². The van der Waals surface area contributed by atoms with Crippen LogP contribution in [-0.4, -0.2) is 58.0 Å². The quantitative estimate of drug-likeness (QED) is 0.193. The number of amides is 4. The number of aromatic hydroxyl groups is 1. The number of aromatic nitrogens is 2. The van der Waals surface area contributed by atoms with Gasteiger partial charge >= 0.3 is 6.03 Å². The molecule has 0 aliphatic carbocycles. The molecule has 2 aliphatic heterocycles. The highest BCUT2D eigenvalue weighted by Crippen LogP contribution is 2.30. The Bertz CT molecular complexity index is 1750. The molecule has 42 heavy (non-hydrogen) atoms. The van der Waals surface area contributed by atoms with Gasteiger partial charge in [-0.05, 0) is 48.0 Å². The number of imide groups is 1. The smallest absolute Gasteiger partial charge is 0.322 e. The third-order valence-electron chi connectivity index (χ3n) is 6.60. The summed E-state index contributed by atoms with van der Waals surface area (Å²) in [4.78, 5) is 44.7. The van der Waals surface area contributed by atoms with Crippen LogP contribution < -0.4 is 20.7 Å². The van der Waals surface area contributed by atoms with Crippen molar-refractivity contribution >= 4 is 32.4 Å². The van der Waals surface area contributed by atoms with Gasteiger partial charge in [0, 0.05) is 48.0 Å². The molecule has 6 rings (SSSR count). The summed E-state index contributed by atoms with van der Waals surface area (Å²) in [6, 6.07) is 16.6. The predicted octanol–water partition coefficient (Wildman–Crippen LogP) is 2.86. The lowest BCUT2D eigenvalue weighted by Gasteiger charge is -2.07. The van der Waals surface area contributed by atoms with Gasteiger partial charge in [-0.3, -0.25) is 19.9 Å². The van der Waals surface area contributed by atoms with Crippen LogP contribution in [0, 0.1) is 11.8 Å². The number of benzene rings is 2. The number of nitrogens with one attached hydrogen (secondary N) is 2. The van der Waals surface area contributed by atoms with Gasteiger partial charge in [0.15, 0.2) is 6.04 Å². The molecule has 1 saturated heterocycles. The molecular weight excluding hydrogens is 553 g/mol. The minimum absolute atomic E-state index is 0.0665. The highest BCUT2D eigenvalue weighted by molar-refractivity contribution is 7.28. The van der Waals surface area contributed by atoms with E-state index in [1.165, 1.54) is 0 Å². The molecule has 2 atom stereocenters. The fourth-order valence-electron chi connectivity index (χ4n) is 4.45. The van der Waals surface area contributed by atoms with Crippen LogP contribution in [0.15, 0.2) is 73.1 Å². The molecule has 3 N–H and O–H groups in total. The van der Waals surface area contributed by atoms with Crippen LogP contribution in [0.2, 0.25) is 0 Å². The second kappa shape index (κ2) is 12.1. The fraction of sp³-hybridized carbons (Fsp3) is 0.129. The number of ether oxygens (including phenoxy) is 1. The number of carbonyl (C=O) groups excluding carboxylic acids is 3. The average molecular weight is 580 g/mol. The van der Waals surface area contributed by atoms with Crippen molar-refractivity contribution < 1.29 is 24.2 Å². The number of carbonyl (C=O) groups is 3. The first-order chi connectivity index (χ1) is 20.2. The SMILES string of the molecule is COc1ccc2c(c1P)C(=O)N(C)C2.O=C1NC(=O)C(C#Cc2ccc(-c3nc(-c4cccnc4)ccc3O)cc2)N1. The van der Waals surface area contributed by atoms with Gasteiger partial charge in [-0.25, -0.2) is 9.78 Å². The molecule has 2 unspecified atom stereocenters. The molecule has 2 aliphatic rings. The maximum absolute atomic E-state index is 11.7. The van der Waals surface area contributed by atoms with E-state index < -0.39 is 18.0 Å². The Kier molecular flexibility index (Phi) is 8.14. The van der Waals surface area contributed by atoms with E-state index in [9.17, 15) is 19.5 Å². The summed E-state index contributed by atoms with van der Waals surface area (Å²) in [5, 5.41) is 15.6. The lowest BCUT2D eigenvalue weighted by atomic mass is 10.1. The number of hydrogen-bond donors (Lipinski definition) is 3. The minimum Gasteiger partial charge on any atom is -0.506 e. The van der Waals surface area contributed by atoms with Gasteiger partial charge in [0.2, 0.25) is 0 Å². The minimum atomic E-state index is -0.853. The van der Waals surface area contributed by atoms with Crippen molar-refractivity contribution in [1.29, 1.82) is 0 Å². The lowest BCUT2D eigenvalue weighted by Crippen LogP contribution is -2.26. The third-order valence-corrected chi connectivity index (χ3v) is 7.18. The van der Waals surface area contributed by atoms with Crippen molar-refractivity contribution in [2.24, 2.45) is 0 Å². The van der Waals surface area contributed by atoms with Gasteiger partial charge < -0.3 is 20.1 Å². The molecule has 0 saturated carbocycles. The Balaban J connectivity index is 0.000000211. The number of methoxy groups -OCH3 is 1. The number of urea groups is 1. The zero-order valence-corrected chi connectivity index (χ0v) is 23.9. The zero-order valence-electron chi connectivity index (χ0n) is 22.7. The maximum atomic E-state index is 11.7. The first-order valence-corrected chi connectivity index (χ1v) is 13.4. The summed E-state index contributed by atoms with van der Waals surface area (Å²) < 4.78 is 5.16. The van der Waals surface area contributed by atoms with Crippen molar-refractivity contribution in [3.8, 4) is 45.9 Å². The van der Waals surface area contributed by atoms with E-state index in [-0.39, 0.29) is 11.7 Å². The lowest BCUT2D eigenvalue weighted by molar-refractivity contribution is -0.119. The number of pyridine rings is 2. The summed E-state index contributed by atoms with van der Waals surface area (Å²) in [7, 11) is 5.99. The second-order valence-electron chi connectivity index (χ2n) is 9.43. The molecule has 210 valence electrons. The molecule has 2 aromatic carbocycles. The first-order valence-electron chi connectivity index (χ1n) is 12.8. The zero-order chi connectivity index (χ0) is 29.8. The molecule has 4 amide bonds. The van der Waals surface area contributed by atoms with Gasteiger partial charge in [-0.1, -0.05) is 30.0 Å². The monoisotopic (exact) mass is 579 g/mol. The van der Waals surface area contributed by atoms with Crippen molar-refractivity contribution in [3.05, 3.63) is 89.7 Å². The Labute approximate surface area is 244 Å². The first kappa shape index (κ1) is 28.3. The van der Waals surface area contributed by atoms with E-state index in [4.69, 9.17) is 4.74 Å². The van der Waals surface area contributed by atoms with Crippen LogP contribution in [-0.2, 0) is 11.3 Å². The molecule has 0 bridgehead atoms. The molecular formula is C31H26N5O5P. The molecule has 11 heteroatoms. The maximum Gasteiger partial charge on any atom is 0.322 e. The molecule has 4 aromatic rings. The number of nitrogens with zero attached hydrogens (tertiary/aromatic N) is 3. The molecule has 2 aromatic heterocycles. The Morgan fingerprint density at radius 3 is 2.50 bits per heavy atom. The average Bonchev–Trinajstić information content (AvgIpc) is 3.49. The highest BCUT2D eigenvalue weighted by Gasteiger charge is 2.28. The normalized spacial score (nSPS) is 15.1. The Morgan fingerprint density at radius 1 is 1.05 bits per heavy atom. The van der Waals surface area contributed by atoms with Crippen LogP contribution in [0.5, 0.6) is 11.5 Å². The van der Waals surface area contributed by atoms with Gasteiger partial charge in [-0.15, -0.1) is 9.24 Å². The predicted molar refractivity (Wildman–Crippen MR) is 160 cm³/mol. The Morgan fingerprint density at radius 2 is 1.83 bits per heavy atom. The van der Waals surface area contributed by atoms with E-state index in [0.29, 0.717) is 23.5 Å². The molecule has 10 nitrogen and oxygen atoms in total. The highest BCUT2D eigenvalue weighted by atomic mass is 31.0. The molecule has 4 heterocycles. The van der Waals surface area contributed by atoms with Crippen molar-refractivity contribution in [2.45, 2.75) is 12.6 Å². The van der Waals surface area contributed by atoms with E-state index in [1.807, 2.05) is 24.3 Å². The van der Waals surface area contributed by atoms with Gasteiger partial charge in [-0.2, -0.15) is 0 Å². The number of hydrogen-bond acceptors (Lipinski definition) is 7. The summed E-state index contributed by atoms with van der Waals surface area (Å²) in [5.74, 6) is 5.99. The second-order valence-corrected chi connectivity index (χ2v) is 10.0. The van der Waals surface area contributed by atoms with E-state index >= 15 is 0 Å². The van der Waals surface area contributed by atoms with Crippen LogP contribution in [0.3, 0.4) is 0 Å². The Hall–Kier alpha value is -5.26. The van der Waals surface area contributed by atoms with E-state index in [0.717, 1.165) is 33.3 Å². The van der Waals surface area contributed by atoms with E-state index in [2.05, 4.69) is 41.7 Å². The van der Waals surface area contributed by atoms with Crippen LogP contribution >= 0.6 is 9.24 Å². The van der Waals surface area contributed by atoms with Crippen molar-refractivity contribution in [2.75, 3.05) is 14.2 Å². The summed E-state index contributed by atoms with van der Waals surface area (Å²) in [6.45, 7) is 0.694. The summed E-state index contributed by atoms with van der Waals surface area (Å²) >= 11 is 0. The number of rotatable bonds is 3. The molecule has 1 fully saturated rings. The topological polar surface area (TPSA) is 134 Å². The summed E-state index contributed by atoms with van der Waals surface area (Å²) in [6.07, 6.45) is 3.39.